The second-order valence-corrected chi connectivity index (χ2v) is 4.64. The maximum Gasteiger partial charge on any atom is 0.363 e. The number of esters is 1. The number of nitrogens with zero attached hydrogens (tertiary/aromatic N) is 2. The fourth-order valence-electron chi connectivity index (χ4n) is 1.47. The molecular formula is C13H13N3O3S. The molecule has 0 aliphatic carbocycles. The van der Waals surface area contributed by atoms with Gasteiger partial charge >= 0.3 is 5.97 Å². The summed E-state index contributed by atoms with van der Waals surface area (Å²) in [6.45, 7) is 0.155. The van der Waals surface area contributed by atoms with Crippen molar-refractivity contribution in [2.45, 2.75) is 6.61 Å². The summed E-state index contributed by atoms with van der Waals surface area (Å²) in [5, 5.41) is 5.62. The first-order chi connectivity index (χ1) is 9.70. The number of nitrogen functional groups attached to an aromatic ring is 1. The average Bonchev–Trinajstić information content (AvgIpc) is 2.89. The van der Waals surface area contributed by atoms with Crippen molar-refractivity contribution in [3.63, 3.8) is 0 Å². The number of thiazole rings is 1. The number of oxime groups is 1. The zero-order valence-electron chi connectivity index (χ0n) is 10.8. The van der Waals surface area contributed by atoms with Crippen LogP contribution in [0, 0.1) is 0 Å². The van der Waals surface area contributed by atoms with Crippen LogP contribution in [0.2, 0.25) is 0 Å². The number of benzene rings is 1. The largest absolute Gasteiger partial charge is 0.456 e. The van der Waals surface area contributed by atoms with Gasteiger partial charge < -0.3 is 15.3 Å². The fraction of sp³-hybridized carbons (Fsp3) is 0.154. The van der Waals surface area contributed by atoms with E-state index in [2.05, 4.69) is 15.0 Å². The van der Waals surface area contributed by atoms with Crippen molar-refractivity contribution >= 4 is 28.1 Å². The maximum absolute atomic E-state index is 12.0. The highest BCUT2D eigenvalue weighted by Gasteiger charge is 2.19. The number of hydrogen-bond donors (Lipinski definition) is 1. The van der Waals surface area contributed by atoms with Crippen LogP contribution in [-0.4, -0.2) is 23.8 Å². The molecule has 0 unspecified atom stereocenters. The Balaban J connectivity index is 2.07. The maximum atomic E-state index is 12.0. The zero-order chi connectivity index (χ0) is 14.4. The molecule has 0 bridgehead atoms. The van der Waals surface area contributed by atoms with Crippen molar-refractivity contribution in [3.8, 4) is 0 Å². The normalized spacial score (nSPS) is 11.2. The first-order valence-electron chi connectivity index (χ1n) is 5.74. The average molecular weight is 291 g/mol. The zero-order valence-corrected chi connectivity index (χ0v) is 11.6. The lowest BCUT2D eigenvalue weighted by atomic mass is 10.2. The van der Waals surface area contributed by atoms with Gasteiger partial charge in [0.15, 0.2) is 5.13 Å². The second-order valence-electron chi connectivity index (χ2n) is 3.76. The summed E-state index contributed by atoms with van der Waals surface area (Å²) in [6.07, 6.45) is 0. The summed E-state index contributed by atoms with van der Waals surface area (Å²) in [5.74, 6) is -0.610. The van der Waals surface area contributed by atoms with E-state index in [1.807, 2.05) is 30.3 Å². The van der Waals surface area contributed by atoms with Crippen molar-refractivity contribution in [1.29, 1.82) is 0 Å². The standard InChI is InChI=1S/C13H13N3O3S/c1-18-16-11(10-8-20-13(14)15-10)12(17)19-7-9-5-3-2-4-6-9/h2-6,8H,7H2,1H3,(H2,14,15)/b16-11-. The Hall–Kier alpha value is -2.41. The van der Waals surface area contributed by atoms with Gasteiger partial charge in [0.25, 0.3) is 0 Å². The van der Waals surface area contributed by atoms with Crippen molar-refractivity contribution in [3.05, 3.63) is 47.0 Å². The van der Waals surface area contributed by atoms with E-state index >= 15 is 0 Å². The summed E-state index contributed by atoms with van der Waals surface area (Å²) >= 11 is 1.21. The predicted molar refractivity (Wildman–Crippen MR) is 76.3 cm³/mol. The minimum absolute atomic E-state index is 0.00335. The van der Waals surface area contributed by atoms with Gasteiger partial charge in [0.05, 0.1) is 0 Å². The van der Waals surface area contributed by atoms with E-state index in [1.54, 1.807) is 5.38 Å². The Morgan fingerprint density at radius 3 is 2.75 bits per heavy atom. The van der Waals surface area contributed by atoms with Crippen LogP contribution in [0.1, 0.15) is 11.3 Å². The number of nitrogens with two attached hydrogens (primary N) is 1. The Morgan fingerprint density at radius 1 is 1.40 bits per heavy atom. The Labute approximate surface area is 119 Å². The van der Waals surface area contributed by atoms with Crippen LogP contribution >= 0.6 is 11.3 Å². The summed E-state index contributed by atoms with van der Waals surface area (Å²) < 4.78 is 5.18. The molecule has 20 heavy (non-hydrogen) atoms. The molecule has 6 nitrogen and oxygen atoms in total. The van der Waals surface area contributed by atoms with Gasteiger partial charge in [-0.05, 0) is 5.56 Å². The SMILES string of the molecule is CO/N=C(\C(=O)OCc1ccccc1)c1csc(N)n1. The molecule has 0 aliphatic heterocycles. The van der Waals surface area contributed by atoms with Gasteiger partial charge in [-0.3, -0.25) is 0 Å². The topological polar surface area (TPSA) is 86.8 Å². The molecule has 0 amide bonds. The van der Waals surface area contributed by atoms with E-state index in [0.717, 1.165) is 5.56 Å². The number of hydrogen-bond acceptors (Lipinski definition) is 7. The molecule has 0 atom stereocenters. The predicted octanol–water partition coefficient (Wildman–Crippen LogP) is 1.82. The molecular weight excluding hydrogens is 278 g/mol. The summed E-state index contributed by atoms with van der Waals surface area (Å²) in [5.41, 5.74) is 6.76. The third-order valence-electron chi connectivity index (χ3n) is 2.35. The van der Waals surface area contributed by atoms with E-state index in [9.17, 15) is 4.79 Å². The van der Waals surface area contributed by atoms with E-state index < -0.39 is 5.97 Å². The van der Waals surface area contributed by atoms with Gasteiger partial charge in [-0.1, -0.05) is 35.5 Å². The number of anilines is 1. The number of rotatable bonds is 5. The number of carbonyl (C=O) groups excluding carboxylic acids is 1. The van der Waals surface area contributed by atoms with Gasteiger partial charge in [-0.15, -0.1) is 11.3 Å². The highest BCUT2D eigenvalue weighted by Crippen LogP contribution is 2.13. The van der Waals surface area contributed by atoms with E-state index in [-0.39, 0.29) is 12.3 Å². The molecule has 2 N–H and O–H groups in total. The first-order valence-corrected chi connectivity index (χ1v) is 6.62. The minimum Gasteiger partial charge on any atom is -0.456 e. The first kappa shape index (κ1) is 14.0. The summed E-state index contributed by atoms with van der Waals surface area (Å²) in [7, 11) is 1.35. The monoisotopic (exact) mass is 291 g/mol. The Bertz CT molecular complexity index is 610. The van der Waals surface area contributed by atoms with Gasteiger partial charge in [-0.25, -0.2) is 9.78 Å². The van der Waals surface area contributed by atoms with Gasteiger partial charge in [0.1, 0.15) is 19.4 Å². The van der Waals surface area contributed by atoms with Crippen LogP contribution in [-0.2, 0) is 21.0 Å². The molecule has 0 fully saturated rings. The molecule has 0 saturated heterocycles. The number of carbonyl (C=O) groups is 1. The lowest BCUT2D eigenvalue weighted by molar-refractivity contribution is -0.136. The van der Waals surface area contributed by atoms with Crippen molar-refractivity contribution in [2.24, 2.45) is 5.16 Å². The molecule has 0 saturated carbocycles. The molecule has 1 aromatic carbocycles. The second kappa shape index (κ2) is 6.67. The molecule has 0 radical (unpaired) electrons. The molecule has 2 rings (SSSR count). The lowest BCUT2D eigenvalue weighted by Crippen LogP contribution is -2.19. The third kappa shape index (κ3) is 3.55. The van der Waals surface area contributed by atoms with Crippen LogP contribution in [0.25, 0.3) is 0 Å². The van der Waals surface area contributed by atoms with Gasteiger partial charge in [-0.2, -0.15) is 0 Å². The fourth-order valence-corrected chi connectivity index (χ4v) is 2.02. The quantitative estimate of drug-likeness (QED) is 0.516. The van der Waals surface area contributed by atoms with E-state index in [4.69, 9.17) is 10.5 Å². The van der Waals surface area contributed by atoms with Crippen LogP contribution in [0.15, 0.2) is 40.9 Å². The minimum atomic E-state index is -0.610. The van der Waals surface area contributed by atoms with Gasteiger partial charge in [0.2, 0.25) is 5.71 Å². The highest BCUT2D eigenvalue weighted by molar-refractivity contribution is 7.13. The molecule has 0 aliphatic rings. The van der Waals surface area contributed by atoms with Crippen molar-refractivity contribution in [1.82, 2.24) is 4.98 Å². The molecule has 7 heteroatoms. The molecule has 104 valence electrons. The highest BCUT2D eigenvalue weighted by atomic mass is 32.1. The lowest BCUT2D eigenvalue weighted by Gasteiger charge is -2.05. The third-order valence-corrected chi connectivity index (χ3v) is 3.03. The van der Waals surface area contributed by atoms with Crippen molar-refractivity contribution < 1.29 is 14.4 Å². The molecule has 2 aromatic rings. The molecule has 1 aromatic heterocycles. The summed E-state index contributed by atoms with van der Waals surface area (Å²) in [6, 6.07) is 9.35. The molecule has 1 heterocycles. The van der Waals surface area contributed by atoms with Crippen LogP contribution in [0.5, 0.6) is 0 Å². The van der Waals surface area contributed by atoms with E-state index in [0.29, 0.717) is 10.8 Å². The molecule has 0 spiro atoms. The smallest absolute Gasteiger partial charge is 0.363 e. The van der Waals surface area contributed by atoms with Crippen LogP contribution in [0.4, 0.5) is 5.13 Å². The Kier molecular flexibility index (Phi) is 4.67. The van der Waals surface area contributed by atoms with Crippen LogP contribution < -0.4 is 5.73 Å². The number of ether oxygens (including phenoxy) is 1. The van der Waals surface area contributed by atoms with Crippen LogP contribution in [0.3, 0.4) is 0 Å². The number of aromatic nitrogens is 1. The summed E-state index contributed by atoms with van der Waals surface area (Å²) in [4.78, 5) is 20.6. The van der Waals surface area contributed by atoms with Crippen molar-refractivity contribution in [2.75, 3.05) is 12.8 Å². The van der Waals surface area contributed by atoms with Gasteiger partial charge in [0, 0.05) is 5.38 Å². The van der Waals surface area contributed by atoms with E-state index in [1.165, 1.54) is 18.4 Å². The Morgan fingerprint density at radius 2 is 2.15 bits per heavy atom.